The molecular formula is C6H7NNa2O4S. The predicted octanol–water partition coefficient (Wildman–Crippen LogP) is -6.02. The van der Waals surface area contributed by atoms with Crippen molar-refractivity contribution in [2.24, 2.45) is 0 Å². The quantitative estimate of drug-likeness (QED) is 0.201. The van der Waals surface area contributed by atoms with Crippen LogP contribution in [0.25, 0.3) is 0 Å². The van der Waals surface area contributed by atoms with Crippen molar-refractivity contribution in [1.29, 1.82) is 0 Å². The molecule has 0 unspecified atom stereocenters. The number of aromatic hydroxyl groups is 1. The van der Waals surface area contributed by atoms with Crippen molar-refractivity contribution in [2.45, 2.75) is 0 Å². The number of benzene rings is 1. The minimum absolute atomic E-state index is 0. The summed E-state index contributed by atoms with van der Waals surface area (Å²) in [7, 11) is 0. The first kappa shape index (κ1) is 20.3. The van der Waals surface area contributed by atoms with Crippen LogP contribution in [0.1, 0.15) is 0 Å². The largest absolute Gasteiger partial charge is 1.00 e. The minimum Gasteiger partial charge on any atom is -0.784 e. The third-order valence-corrected chi connectivity index (χ3v) is 0.937. The van der Waals surface area contributed by atoms with Crippen molar-refractivity contribution < 1.29 is 77.5 Å². The Kier molecular flexibility index (Phi) is 17.4. The molecule has 0 amide bonds. The van der Waals surface area contributed by atoms with Crippen LogP contribution in [-0.4, -0.2) is 18.4 Å². The standard InChI is InChI=1S/C6H7NO.2Na.H2O3S/c7-5-3-1-2-4-6(5)8;;;1-4(2)3/h1-4,8H,7H2;;;(H2,1,2,3)/q;2*+1;/p-2. The molecule has 0 atom stereocenters. The molecule has 0 radical (unpaired) electrons. The fraction of sp³-hybridized carbons (Fsp3) is 0. The molecule has 0 saturated heterocycles. The Morgan fingerprint density at radius 2 is 1.57 bits per heavy atom. The summed E-state index contributed by atoms with van der Waals surface area (Å²) in [5.41, 5.74) is 5.69. The van der Waals surface area contributed by atoms with Crippen molar-refractivity contribution in [1.82, 2.24) is 0 Å². The topological polar surface area (TPSA) is 109 Å². The van der Waals surface area contributed by atoms with Crippen LogP contribution in [0.4, 0.5) is 5.69 Å². The molecule has 0 aromatic heterocycles. The molecule has 3 N–H and O–H groups in total. The van der Waals surface area contributed by atoms with E-state index in [1.165, 1.54) is 0 Å². The van der Waals surface area contributed by atoms with E-state index in [0.717, 1.165) is 0 Å². The molecule has 0 aliphatic heterocycles. The summed E-state index contributed by atoms with van der Waals surface area (Å²) in [6, 6.07) is 6.70. The van der Waals surface area contributed by atoms with E-state index in [1.54, 1.807) is 24.3 Å². The number of phenols is 1. The van der Waals surface area contributed by atoms with Gasteiger partial charge in [-0.15, -0.1) is 11.4 Å². The van der Waals surface area contributed by atoms with Gasteiger partial charge in [-0.25, -0.2) is 0 Å². The van der Waals surface area contributed by atoms with Gasteiger partial charge >= 0.3 is 59.1 Å². The van der Waals surface area contributed by atoms with E-state index < -0.39 is 11.4 Å². The first-order valence-corrected chi connectivity index (χ1v) is 3.84. The van der Waals surface area contributed by atoms with Gasteiger partial charge in [-0.05, 0) is 12.1 Å². The predicted molar refractivity (Wildman–Crippen MR) is 42.2 cm³/mol. The van der Waals surface area contributed by atoms with E-state index in [1.807, 2.05) is 0 Å². The maximum absolute atomic E-state index is 8.79. The molecule has 0 fully saturated rings. The van der Waals surface area contributed by atoms with Gasteiger partial charge in [0.2, 0.25) is 0 Å². The number of nitrogen functional groups attached to an aromatic ring is 1. The van der Waals surface area contributed by atoms with Crippen LogP contribution >= 0.6 is 0 Å². The monoisotopic (exact) mass is 235 g/mol. The summed E-state index contributed by atoms with van der Waals surface area (Å²) in [5, 5.41) is 8.79. The number of rotatable bonds is 0. The number of nitrogens with two attached hydrogens (primary N) is 1. The van der Waals surface area contributed by atoms with Crippen molar-refractivity contribution in [3.8, 4) is 5.75 Å². The SMILES string of the molecule is Nc1ccccc1O.O=S([O-])[O-].[Na+].[Na+]. The van der Waals surface area contributed by atoms with E-state index in [9.17, 15) is 0 Å². The molecule has 1 aromatic rings. The molecule has 68 valence electrons. The Hall–Kier alpha value is 0.890. The molecule has 8 heteroatoms. The normalized spacial score (nSPS) is 7.64. The fourth-order valence-corrected chi connectivity index (χ4v) is 0.488. The second-order valence-electron chi connectivity index (χ2n) is 1.76. The van der Waals surface area contributed by atoms with E-state index in [2.05, 4.69) is 0 Å². The van der Waals surface area contributed by atoms with Gasteiger partial charge in [0.25, 0.3) is 0 Å². The molecule has 5 nitrogen and oxygen atoms in total. The van der Waals surface area contributed by atoms with Crippen molar-refractivity contribution in [3.63, 3.8) is 0 Å². The molecular weight excluding hydrogens is 228 g/mol. The number of para-hydroxylation sites is 2. The number of phenolic OH excluding ortho intramolecular Hbond substituents is 1. The van der Waals surface area contributed by atoms with E-state index in [-0.39, 0.29) is 64.9 Å². The van der Waals surface area contributed by atoms with Crippen LogP contribution in [0.5, 0.6) is 5.75 Å². The molecule has 1 rings (SSSR count). The summed E-state index contributed by atoms with van der Waals surface area (Å²) < 4.78 is 25.3. The van der Waals surface area contributed by atoms with Crippen LogP contribution in [-0.2, 0) is 11.4 Å². The number of anilines is 1. The number of hydrogen-bond acceptors (Lipinski definition) is 5. The average Bonchev–Trinajstić information content (AvgIpc) is 1.94. The van der Waals surface area contributed by atoms with Gasteiger partial charge in [-0.1, -0.05) is 12.1 Å². The summed E-state index contributed by atoms with van der Waals surface area (Å²) in [5.74, 6) is 0.146. The molecule has 0 spiro atoms. The van der Waals surface area contributed by atoms with Crippen LogP contribution in [0.3, 0.4) is 0 Å². The molecule has 0 heterocycles. The second kappa shape index (κ2) is 12.0. The zero-order valence-electron chi connectivity index (χ0n) is 7.97. The van der Waals surface area contributed by atoms with E-state index >= 15 is 0 Å². The van der Waals surface area contributed by atoms with Crippen LogP contribution in [0.2, 0.25) is 0 Å². The molecule has 0 aliphatic rings. The minimum atomic E-state index is -3.11. The Balaban J connectivity index is -0.000000180. The van der Waals surface area contributed by atoms with E-state index in [4.69, 9.17) is 24.2 Å². The van der Waals surface area contributed by atoms with Gasteiger partial charge in [0.15, 0.2) is 0 Å². The maximum atomic E-state index is 8.79. The maximum Gasteiger partial charge on any atom is 1.00 e. The summed E-state index contributed by atoms with van der Waals surface area (Å²) in [6.45, 7) is 0. The summed E-state index contributed by atoms with van der Waals surface area (Å²) >= 11 is -3.11. The van der Waals surface area contributed by atoms with Crippen LogP contribution < -0.4 is 64.8 Å². The molecule has 0 saturated carbocycles. The van der Waals surface area contributed by atoms with Gasteiger partial charge in [0, 0.05) is 0 Å². The van der Waals surface area contributed by atoms with Gasteiger partial charge < -0.3 is 19.9 Å². The zero-order valence-corrected chi connectivity index (χ0v) is 12.8. The van der Waals surface area contributed by atoms with Gasteiger partial charge in [-0.2, -0.15) is 0 Å². The fourth-order valence-electron chi connectivity index (χ4n) is 0.488. The second-order valence-corrected chi connectivity index (χ2v) is 2.17. The molecule has 0 bridgehead atoms. The molecule has 0 aliphatic carbocycles. The smallest absolute Gasteiger partial charge is 0.784 e. The Morgan fingerprint density at radius 1 is 1.21 bits per heavy atom. The Bertz CT molecular complexity index is 249. The molecule has 1 aromatic carbocycles. The Morgan fingerprint density at radius 3 is 1.79 bits per heavy atom. The van der Waals surface area contributed by atoms with E-state index in [0.29, 0.717) is 5.69 Å². The van der Waals surface area contributed by atoms with Gasteiger partial charge in [0.1, 0.15) is 5.75 Å². The van der Waals surface area contributed by atoms with Gasteiger partial charge in [0.05, 0.1) is 5.69 Å². The summed E-state index contributed by atoms with van der Waals surface area (Å²) in [6.07, 6.45) is 0. The third kappa shape index (κ3) is 12.9. The number of hydrogen-bond donors (Lipinski definition) is 2. The van der Waals surface area contributed by atoms with Crippen LogP contribution in [0.15, 0.2) is 24.3 Å². The van der Waals surface area contributed by atoms with Crippen molar-refractivity contribution in [2.75, 3.05) is 5.73 Å². The summed E-state index contributed by atoms with van der Waals surface area (Å²) in [4.78, 5) is 0. The average molecular weight is 235 g/mol. The van der Waals surface area contributed by atoms with Gasteiger partial charge in [-0.3, -0.25) is 4.21 Å². The Labute approximate surface area is 129 Å². The first-order valence-electron chi connectivity index (χ1n) is 2.84. The molecule has 14 heavy (non-hydrogen) atoms. The first-order chi connectivity index (χ1) is 5.54. The zero-order chi connectivity index (χ0) is 9.56. The van der Waals surface area contributed by atoms with Crippen molar-refractivity contribution in [3.05, 3.63) is 24.3 Å². The van der Waals surface area contributed by atoms with Crippen molar-refractivity contribution >= 4 is 17.0 Å². The third-order valence-electron chi connectivity index (χ3n) is 0.937. The van der Waals surface area contributed by atoms with Crippen LogP contribution in [0, 0.1) is 0 Å².